The molecule has 1 atom stereocenters. The summed E-state index contributed by atoms with van der Waals surface area (Å²) in [6.45, 7) is 4.61. The van der Waals surface area contributed by atoms with Crippen molar-refractivity contribution in [2.45, 2.75) is 45.5 Å². The molecule has 1 aliphatic heterocycles. The Bertz CT molecular complexity index is 758. The number of hydrogen-bond acceptors (Lipinski definition) is 6. The highest BCUT2D eigenvalue weighted by molar-refractivity contribution is 5.80. The number of aryl methyl sites for hydroxylation is 1. The second kappa shape index (κ2) is 9.31. The molecular formula is C18H27N7O2. The van der Waals surface area contributed by atoms with Crippen LogP contribution in [0.4, 0.5) is 0 Å². The average Bonchev–Trinajstić information content (AvgIpc) is 3.08. The Labute approximate surface area is 159 Å². The molecule has 2 aromatic rings. The minimum absolute atomic E-state index is 0.251. The molecule has 0 amide bonds. The SMILES string of the molecule is CCNC(=NCc1ccc(OC)nc1)NC1CCc2nc(COC)nn2C1. The van der Waals surface area contributed by atoms with Crippen LogP contribution in [0.1, 0.15) is 30.6 Å². The maximum atomic E-state index is 5.12. The summed E-state index contributed by atoms with van der Waals surface area (Å²) in [6, 6.07) is 4.07. The summed E-state index contributed by atoms with van der Waals surface area (Å²) in [5.41, 5.74) is 1.03. The van der Waals surface area contributed by atoms with E-state index in [1.165, 1.54) is 0 Å². The highest BCUT2D eigenvalue weighted by atomic mass is 16.5. The highest BCUT2D eigenvalue weighted by Gasteiger charge is 2.22. The minimum atomic E-state index is 0.251. The number of ether oxygens (including phenoxy) is 2. The normalized spacial score (nSPS) is 16.7. The van der Waals surface area contributed by atoms with Gasteiger partial charge in [-0.2, -0.15) is 5.10 Å². The van der Waals surface area contributed by atoms with E-state index < -0.39 is 0 Å². The van der Waals surface area contributed by atoms with Crippen LogP contribution in [-0.2, 0) is 30.9 Å². The summed E-state index contributed by atoms with van der Waals surface area (Å²) in [4.78, 5) is 13.4. The summed E-state index contributed by atoms with van der Waals surface area (Å²) < 4.78 is 12.2. The van der Waals surface area contributed by atoms with E-state index in [0.29, 0.717) is 19.0 Å². The molecule has 1 aliphatic rings. The van der Waals surface area contributed by atoms with Crippen molar-refractivity contribution in [1.82, 2.24) is 30.4 Å². The van der Waals surface area contributed by atoms with Crippen molar-refractivity contribution in [2.24, 2.45) is 4.99 Å². The lowest BCUT2D eigenvalue weighted by molar-refractivity contribution is 0.177. The van der Waals surface area contributed by atoms with Crippen LogP contribution in [0.3, 0.4) is 0 Å². The third-order valence-corrected chi connectivity index (χ3v) is 4.29. The van der Waals surface area contributed by atoms with Gasteiger partial charge >= 0.3 is 0 Å². The van der Waals surface area contributed by atoms with Crippen LogP contribution >= 0.6 is 0 Å². The molecule has 0 fully saturated rings. The fraction of sp³-hybridized carbons (Fsp3) is 0.556. The van der Waals surface area contributed by atoms with Gasteiger partial charge in [-0.25, -0.2) is 19.6 Å². The van der Waals surface area contributed by atoms with Gasteiger partial charge in [-0.15, -0.1) is 0 Å². The van der Waals surface area contributed by atoms with Gasteiger partial charge in [0.15, 0.2) is 11.8 Å². The lowest BCUT2D eigenvalue weighted by Gasteiger charge is -2.25. The number of nitrogens with zero attached hydrogens (tertiary/aromatic N) is 5. The van der Waals surface area contributed by atoms with Crippen molar-refractivity contribution in [3.63, 3.8) is 0 Å². The Kier molecular flexibility index (Phi) is 6.59. The number of aromatic nitrogens is 4. The van der Waals surface area contributed by atoms with Crippen LogP contribution in [0, 0.1) is 0 Å². The molecule has 0 aromatic carbocycles. The van der Waals surface area contributed by atoms with E-state index in [2.05, 4.69) is 37.6 Å². The monoisotopic (exact) mass is 373 g/mol. The van der Waals surface area contributed by atoms with Crippen LogP contribution in [0.25, 0.3) is 0 Å². The Morgan fingerprint density at radius 3 is 2.96 bits per heavy atom. The molecule has 0 radical (unpaired) electrons. The first kappa shape index (κ1) is 19.1. The van der Waals surface area contributed by atoms with E-state index >= 15 is 0 Å². The van der Waals surface area contributed by atoms with Crippen LogP contribution in [0.15, 0.2) is 23.3 Å². The Balaban J connectivity index is 1.61. The van der Waals surface area contributed by atoms with Crippen molar-refractivity contribution in [3.8, 4) is 5.88 Å². The first-order valence-electron chi connectivity index (χ1n) is 9.17. The van der Waals surface area contributed by atoms with E-state index in [0.717, 1.165) is 49.1 Å². The van der Waals surface area contributed by atoms with E-state index in [1.807, 2.05) is 16.8 Å². The van der Waals surface area contributed by atoms with Crippen LogP contribution in [-0.4, -0.2) is 52.5 Å². The fourth-order valence-electron chi connectivity index (χ4n) is 2.98. The van der Waals surface area contributed by atoms with Gasteiger partial charge in [-0.3, -0.25) is 0 Å². The quantitative estimate of drug-likeness (QED) is 0.549. The van der Waals surface area contributed by atoms with Gasteiger partial charge < -0.3 is 20.1 Å². The second-order valence-electron chi connectivity index (χ2n) is 6.34. The third kappa shape index (κ3) is 5.16. The zero-order valence-corrected chi connectivity index (χ0v) is 16.1. The third-order valence-electron chi connectivity index (χ3n) is 4.29. The Hall–Kier alpha value is -2.68. The molecular weight excluding hydrogens is 346 g/mol. The smallest absolute Gasteiger partial charge is 0.212 e. The van der Waals surface area contributed by atoms with Crippen LogP contribution in [0.2, 0.25) is 0 Å². The highest BCUT2D eigenvalue weighted by Crippen LogP contribution is 2.13. The molecule has 9 heteroatoms. The van der Waals surface area contributed by atoms with Crippen LogP contribution < -0.4 is 15.4 Å². The van der Waals surface area contributed by atoms with E-state index in [-0.39, 0.29) is 6.04 Å². The first-order valence-corrected chi connectivity index (χ1v) is 9.17. The predicted octanol–water partition coefficient (Wildman–Crippen LogP) is 0.898. The molecule has 1 unspecified atom stereocenters. The van der Waals surface area contributed by atoms with Gasteiger partial charge in [-0.1, -0.05) is 6.07 Å². The molecule has 0 saturated heterocycles. The molecule has 0 spiro atoms. The molecule has 3 heterocycles. The van der Waals surface area contributed by atoms with Crippen molar-refractivity contribution in [1.29, 1.82) is 0 Å². The Morgan fingerprint density at radius 1 is 1.37 bits per heavy atom. The lowest BCUT2D eigenvalue weighted by atomic mass is 10.1. The average molecular weight is 373 g/mol. The fourth-order valence-corrected chi connectivity index (χ4v) is 2.98. The van der Waals surface area contributed by atoms with E-state index in [4.69, 9.17) is 9.47 Å². The zero-order valence-electron chi connectivity index (χ0n) is 16.1. The number of fused-ring (bicyclic) bond motifs is 1. The largest absolute Gasteiger partial charge is 0.481 e. The number of methoxy groups -OCH3 is 2. The summed E-state index contributed by atoms with van der Waals surface area (Å²) in [6.07, 6.45) is 3.65. The van der Waals surface area contributed by atoms with Gasteiger partial charge in [0.05, 0.1) is 20.2 Å². The molecule has 0 saturated carbocycles. The number of nitrogens with one attached hydrogen (secondary N) is 2. The van der Waals surface area contributed by atoms with E-state index in [1.54, 1.807) is 20.4 Å². The number of guanidine groups is 1. The summed E-state index contributed by atoms with van der Waals surface area (Å²) in [5.74, 6) is 3.15. The maximum absolute atomic E-state index is 5.12. The van der Waals surface area contributed by atoms with Crippen LogP contribution in [0.5, 0.6) is 5.88 Å². The summed E-state index contributed by atoms with van der Waals surface area (Å²) in [7, 11) is 3.26. The summed E-state index contributed by atoms with van der Waals surface area (Å²) >= 11 is 0. The number of rotatable bonds is 7. The number of aliphatic imine (C=N–C) groups is 1. The van der Waals surface area contributed by atoms with Gasteiger partial charge in [0, 0.05) is 38.4 Å². The van der Waals surface area contributed by atoms with Crippen molar-refractivity contribution < 1.29 is 9.47 Å². The topological polar surface area (TPSA) is 98.5 Å². The molecule has 0 aliphatic carbocycles. The Morgan fingerprint density at radius 2 is 2.26 bits per heavy atom. The standard InChI is InChI=1S/C18H27N7O2/c1-4-19-18(21-10-13-5-8-17(27-3)20-9-13)22-14-6-7-16-23-15(12-26-2)24-25(16)11-14/h5,8-9,14H,4,6-7,10-12H2,1-3H3,(H2,19,21,22). The maximum Gasteiger partial charge on any atom is 0.212 e. The lowest BCUT2D eigenvalue weighted by Crippen LogP contribution is -2.47. The zero-order chi connectivity index (χ0) is 19.1. The van der Waals surface area contributed by atoms with Gasteiger partial charge in [0.1, 0.15) is 12.4 Å². The van der Waals surface area contributed by atoms with Crippen molar-refractivity contribution >= 4 is 5.96 Å². The summed E-state index contributed by atoms with van der Waals surface area (Å²) in [5, 5.41) is 11.3. The second-order valence-corrected chi connectivity index (χ2v) is 6.34. The van der Waals surface area contributed by atoms with Crippen molar-refractivity contribution in [3.05, 3.63) is 35.5 Å². The van der Waals surface area contributed by atoms with Gasteiger partial charge in [-0.05, 0) is 18.9 Å². The molecule has 0 bridgehead atoms. The predicted molar refractivity (Wildman–Crippen MR) is 102 cm³/mol. The number of pyridine rings is 1. The number of hydrogen-bond donors (Lipinski definition) is 2. The first-order chi connectivity index (χ1) is 13.2. The van der Waals surface area contributed by atoms with Crippen molar-refractivity contribution in [2.75, 3.05) is 20.8 Å². The van der Waals surface area contributed by atoms with Gasteiger partial charge in [0.2, 0.25) is 5.88 Å². The molecule has 9 nitrogen and oxygen atoms in total. The molecule has 2 N–H and O–H groups in total. The molecule has 2 aromatic heterocycles. The molecule has 27 heavy (non-hydrogen) atoms. The molecule has 3 rings (SSSR count). The van der Waals surface area contributed by atoms with Gasteiger partial charge in [0.25, 0.3) is 0 Å². The molecule has 146 valence electrons. The van der Waals surface area contributed by atoms with E-state index in [9.17, 15) is 0 Å². The minimum Gasteiger partial charge on any atom is -0.481 e.